The largest absolute Gasteiger partial charge is 0.379 e. The van der Waals surface area contributed by atoms with Gasteiger partial charge in [0.15, 0.2) is 0 Å². The highest BCUT2D eigenvalue weighted by Gasteiger charge is 2.17. The summed E-state index contributed by atoms with van der Waals surface area (Å²) in [5, 5.41) is 9.77. The van der Waals surface area contributed by atoms with E-state index < -0.39 is 0 Å². The van der Waals surface area contributed by atoms with Crippen LogP contribution in [0, 0.1) is 0 Å². The summed E-state index contributed by atoms with van der Waals surface area (Å²) >= 11 is 0. The first-order valence-corrected chi connectivity index (χ1v) is 7.08. The highest BCUT2D eigenvalue weighted by molar-refractivity contribution is 5.88. The number of amides is 2. The lowest BCUT2D eigenvalue weighted by atomic mass is 10.2. The zero-order valence-corrected chi connectivity index (χ0v) is 12.1. The van der Waals surface area contributed by atoms with Crippen molar-refractivity contribution in [2.24, 2.45) is 0 Å². The SMILES string of the molecule is CCn1cc(NC(=O)NCC(C)N2CCOCC2)cn1. The van der Waals surface area contributed by atoms with Crippen molar-refractivity contribution in [2.75, 3.05) is 38.2 Å². The number of aromatic nitrogens is 2. The van der Waals surface area contributed by atoms with Crippen molar-refractivity contribution in [3.8, 4) is 0 Å². The van der Waals surface area contributed by atoms with Crippen LogP contribution in [-0.4, -0.2) is 59.6 Å². The molecule has 112 valence electrons. The van der Waals surface area contributed by atoms with Crippen LogP contribution in [-0.2, 0) is 11.3 Å². The summed E-state index contributed by atoms with van der Waals surface area (Å²) < 4.78 is 7.09. The second-order valence-corrected chi connectivity index (χ2v) is 4.92. The summed E-state index contributed by atoms with van der Waals surface area (Å²) in [4.78, 5) is 14.1. The van der Waals surface area contributed by atoms with Crippen LogP contribution in [0.5, 0.6) is 0 Å². The molecule has 0 aliphatic carbocycles. The molecular weight excluding hydrogens is 258 g/mol. The highest BCUT2D eigenvalue weighted by Crippen LogP contribution is 2.05. The van der Waals surface area contributed by atoms with E-state index in [4.69, 9.17) is 4.74 Å². The van der Waals surface area contributed by atoms with Crippen LogP contribution in [0.2, 0.25) is 0 Å². The summed E-state index contributed by atoms with van der Waals surface area (Å²) in [5.74, 6) is 0. The number of anilines is 1. The van der Waals surface area contributed by atoms with Gasteiger partial charge in [-0.05, 0) is 13.8 Å². The smallest absolute Gasteiger partial charge is 0.319 e. The third kappa shape index (κ3) is 4.21. The Kier molecular flexibility index (Phi) is 5.37. The number of carbonyl (C=O) groups is 1. The van der Waals surface area contributed by atoms with Crippen LogP contribution < -0.4 is 10.6 Å². The van der Waals surface area contributed by atoms with Crippen molar-refractivity contribution in [1.29, 1.82) is 0 Å². The molecule has 1 aliphatic rings. The standard InChI is InChI=1S/C13H23N5O2/c1-3-18-10-12(9-15-18)16-13(19)14-8-11(2)17-4-6-20-7-5-17/h9-11H,3-8H2,1-2H3,(H2,14,16,19). The van der Waals surface area contributed by atoms with Gasteiger partial charge in [-0.2, -0.15) is 5.10 Å². The van der Waals surface area contributed by atoms with Gasteiger partial charge in [0.05, 0.1) is 25.1 Å². The average molecular weight is 281 g/mol. The van der Waals surface area contributed by atoms with Gasteiger partial charge in [0, 0.05) is 38.4 Å². The molecule has 1 fully saturated rings. The molecule has 7 nitrogen and oxygen atoms in total. The number of carbonyl (C=O) groups excluding carboxylic acids is 1. The van der Waals surface area contributed by atoms with Crippen LogP contribution in [0.4, 0.5) is 10.5 Å². The van der Waals surface area contributed by atoms with Gasteiger partial charge in [0.25, 0.3) is 0 Å². The van der Waals surface area contributed by atoms with Crippen molar-refractivity contribution in [3.05, 3.63) is 12.4 Å². The van der Waals surface area contributed by atoms with E-state index in [1.807, 2.05) is 13.1 Å². The van der Waals surface area contributed by atoms with Crippen molar-refractivity contribution in [3.63, 3.8) is 0 Å². The Morgan fingerprint density at radius 2 is 2.25 bits per heavy atom. The Morgan fingerprint density at radius 3 is 2.90 bits per heavy atom. The van der Waals surface area contributed by atoms with Gasteiger partial charge in [-0.3, -0.25) is 9.58 Å². The van der Waals surface area contributed by atoms with E-state index in [1.54, 1.807) is 10.9 Å². The zero-order valence-electron chi connectivity index (χ0n) is 12.1. The molecule has 1 aromatic rings. The molecule has 1 aliphatic heterocycles. The van der Waals surface area contributed by atoms with Gasteiger partial charge >= 0.3 is 6.03 Å². The van der Waals surface area contributed by atoms with Crippen LogP contribution in [0.3, 0.4) is 0 Å². The molecule has 1 atom stereocenters. The highest BCUT2D eigenvalue weighted by atomic mass is 16.5. The minimum Gasteiger partial charge on any atom is -0.379 e. The van der Waals surface area contributed by atoms with Gasteiger partial charge in [-0.15, -0.1) is 0 Å². The first-order chi connectivity index (χ1) is 9.69. The molecule has 0 bridgehead atoms. The van der Waals surface area contributed by atoms with Crippen LogP contribution in [0.25, 0.3) is 0 Å². The minimum absolute atomic E-state index is 0.194. The number of aryl methyl sites for hydroxylation is 1. The topological polar surface area (TPSA) is 71.4 Å². The third-order valence-electron chi connectivity index (χ3n) is 3.44. The summed E-state index contributed by atoms with van der Waals surface area (Å²) in [7, 11) is 0. The zero-order chi connectivity index (χ0) is 14.4. The quantitative estimate of drug-likeness (QED) is 0.835. The molecule has 0 radical (unpaired) electrons. The lowest BCUT2D eigenvalue weighted by molar-refractivity contribution is 0.0209. The maximum absolute atomic E-state index is 11.8. The number of nitrogens with zero attached hydrogens (tertiary/aromatic N) is 3. The Labute approximate surface area is 119 Å². The summed E-state index contributed by atoms with van der Waals surface area (Å²) in [5.41, 5.74) is 0.711. The van der Waals surface area contributed by atoms with Gasteiger partial charge in [0.1, 0.15) is 0 Å². The van der Waals surface area contributed by atoms with E-state index in [2.05, 4.69) is 27.6 Å². The number of ether oxygens (including phenoxy) is 1. The second kappa shape index (κ2) is 7.25. The van der Waals surface area contributed by atoms with Crippen LogP contribution in [0.1, 0.15) is 13.8 Å². The Morgan fingerprint density at radius 1 is 1.50 bits per heavy atom. The van der Waals surface area contributed by atoms with E-state index in [-0.39, 0.29) is 6.03 Å². The summed E-state index contributed by atoms with van der Waals surface area (Å²) in [6.45, 7) is 8.91. The Hall–Kier alpha value is -1.60. The molecule has 1 unspecified atom stereocenters. The molecule has 7 heteroatoms. The lowest BCUT2D eigenvalue weighted by Crippen LogP contribution is -2.47. The van der Waals surface area contributed by atoms with Gasteiger partial charge in [-0.25, -0.2) is 4.79 Å². The summed E-state index contributed by atoms with van der Waals surface area (Å²) in [6.07, 6.45) is 3.46. The lowest BCUT2D eigenvalue weighted by Gasteiger charge is -2.32. The number of hydrogen-bond acceptors (Lipinski definition) is 4. The number of hydrogen-bond donors (Lipinski definition) is 2. The second-order valence-electron chi connectivity index (χ2n) is 4.92. The molecule has 2 N–H and O–H groups in total. The molecule has 2 amide bonds. The number of morpholine rings is 1. The maximum Gasteiger partial charge on any atom is 0.319 e. The molecule has 0 saturated carbocycles. The van der Waals surface area contributed by atoms with E-state index in [1.165, 1.54) is 0 Å². The van der Waals surface area contributed by atoms with Crippen molar-refractivity contribution < 1.29 is 9.53 Å². The van der Waals surface area contributed by atoms with Crippen LogP contribution >= 0.6 is 0 Å². The van der Waals surface area contributed by atoms with E-state index in [9.17, 15) is 4.79 Å². The molecule has 2 heterocycles. The predicted octanol–water partition coefficient (Wildman–Crippen LogP) is 0.745. The van der Waals surface area contributed by atoms with Gasteiger partial charge < -0.3 is 15.4 Å². The minimum atomic E-state index is -0.194. The van der Waals surface area contributed by atoms with Crippen molar-refractivity contribution in [2.45, 2.75) is 26.4 Å². The monoisotopic (exact) mass is 281 g/mol. The molecule has 0 spiro atoms. The first-order valence-electron chi connectivity index (χ1n) is 7.08. The normalized spacial score (nSPS) is 17.7. The number of urea groups is 1. The fourth-order valence-electron chi connectivity index (χ4n) is 2.16. The Balaban J connectivity index is 1.71. The number of nitrogens with one attached hydrogen (secondary N) is 2. The molecule has 2 rings (SSSR count). The van der Waals surface area contributed by atoms with E-state index >= 15 is 0 Å². The third-order valence-corrected chi connectivity index (χ3v) is 3.44. The fraction of sp³-hybridized carbons (Fsp3) is 0.692. The van der Waals surface area contributed by atoms with Crippen LogP contribution in [0.15, 0.2) is 12.4 Å². The molecule has 20 heavy (non-hydrogen) atoms. The molecular formula is C13H23N5O2. The van der Waals surface area contributed by atoms with Crippen molar-refractivity contribution in [1.82, 2.24) is 20.0 Å². The predicted molar refractivity (Wildman–Crippen MR) is 76.8 cm³/mol. The molecule has 1 aromatic heterocycles. The van der Waals surface area contributed by atoms with E-state index in [0.29, 0.717) is 18.3 Å². The average Bonchev–Trinajstić information content (AvgIpc) is 2.93. The molecule has 0 aromatic carbocycles. The van der Waals surface area contributed by atoms with E-state index in [0.717, 1.165) is 32.8 Å². The summed E-state index contributed by atoms with van der Waals surface area (Å²) in [6, 6.07) is 0.115. The van der Waals surface area contributed by atoms with Gasteiger partial charge in [0.2, 0.25) is 0 Å². The van der Waals surface area contributed by atoms with Gasteiger partial charge in [-0.1, -0.05) is 0 Å². The maximum atomic E-state index is 11.8. The fourth-order valence-corrected chi connectivity index (χ4v) is 2.16. The molecule has 1 saturated heterocycles. The number of rotatable bonds is 5. The Bertz CT molecular complexity index is 428. The first kappa shape index (κ1) is 14.8. The van der Waals surface area contributed by atoms with Crippen molar-refractivity contribution >= 4 is 11.7 Å².